The number of carbonyl (C=O) groups excluding carboxylic acids is 2. The van der Waals surface area contributed by atoms with Gasteiger partial charge in [0.25, 0.3) is 0 Å². The second-order valence-corrected chi connectivity index (χ2v) is 12.6. The fourth-order valence-electron chi connectivity index (χ4n) is 5.00. The molecule has 49 heavy (non-hydrogen) atoms. The second-order valence-electron chi connectivity index (χ2n) is 12.6. The van der Waals surface area contributed by atoms with Crippen LogP contribution in [0.25, 0.3) is 0 Å². The highest BCUT2D eigenvalue weighted by Gasteiger charge is 2.16. The lowest BCUT2D eigenvalue weighted by molar-refractivity contribution is -0.161. The van der Waals surface area contributed by atoms with E-state index in [-0.39, 0.29) is 25.2 Å². The normalized spacial score (nSPS) is 13.1. The Bertz CT molecular complexity index is 952. The van der Waals surface area contributed by atoms with Gasteiger partial charge in [0.05, 0.1) is 6.61 Å². The van der Waals surface area contributed by atoms with Gasteiger partial charge in [-0.2, -0.15) is 0 Å². The SMILES string of the molecule is CC/C=C\C/C=C\C/C=C\C/C=C\C/C=C\C/C=C\C/C=C\CCCCCCCC(=O)OC(CO)COC(=O)CCCCCCCCCC. The summed E-state index contributed by atoms with van der Waals surface area (Å²) >= 11 is 0. The van der Waals surface area contributed by atoms with Gasteiger partial charge in [0.15, 0.2) is 6.10 Å². The van der Waals surface area contributed by atoms with E-state index in [9.17, 15) is 14.7 Å². The first kappa shape index (κ1) is 46.1. The van der Waals surface area contributed by atoms with Crippen molar-refractivity contribution in [3.63, 3.8) is 0 Å². The number of carbonyl (C=O) groups is 2. The van der Waals surface area contributed by atoms with Gasteiger partial charge in [-0.3, -0.25) is 9.59 Å². The second kappa shape index (κ2) is 39.5. The fraction of sp³-hybridized carbons (Fsp3) is 0.636. The molecule has 0 aromatic heterocycles. The van der Waals surface area contributed by atoms with E-state index in [1.807, 2.05) is 0 Å². The number of aliphatic hydroxyl groups is 1. The largest absolute Gasteiger partial charge is 0.462 e. The van der Waals surface area contributed by atoms with Crippen LogP contribution < -0.4 is 0 Å². The summed E-state index contributed by atoms with van der Waals surface area (Å²) < 4.78 is 10.5. The molecule has 0 fully saturated rings. The zero-order chi connectivity index (χ0) is 35.7. The highest BCUT2D eigenvalue weighted by molar-refractivity contribution is 5.70. The van der Waals surface area contributed by atoms with Crippen LogP contribution in [-0.4, -0.2) is 36.4 Å². The molecule has 0 heterocycles. The Kier molecular flexibility index (Phi) is 37.2. The monoisotopic (exact) mass is 681 g/mol. The molecule has 278 valence electrons. The molecular weight excluding hydrogens is 608 g/mol. The average molecular weight is 681 g/mol. The Hall–Kier alpha value is -2.92. The molecule has 0 amide bonds. The predicted molar refractivity (Wildman–Crippen MR) is 209 cm³/mol. The van der Waals surface area contributed by atoms with Crippen LogP contribution in [0.4, 0.5) is 0 Å². The standard InChI is InChI=1S/C44H72O5/c1-3-5-7-9-11-13-14-15-16-17-18-19-20-21-22-23-24-25-26-27-28-29-30-31-33-35-37-39-44(47)49-42(40-45)41-48-43(46)38-36-34-32-12-10-8-6-4-2/h5,7,11,13,15-16,18-19,21-22,24-25,27-28,42,45H,3-4,6,8-10,12,14,17,20,23,26,29-41H2,1-2H3/b7-5-,13-11-,16-15-,19-18-,22-21-,25-24-,28-27-. The average Bonchev–Trinajstić information content (AvgIpc) is 3.10. The van der Waals surface area contributed by atoms with Crippen LogP contribution in [0.1, 0.15) is 162 Å². The van der Waals surface area contributed by atoms with Crippen LogP contribution in [0, 0.1) is 0 Å². The minimum Gasteiger partial charge on any atom is -0.462 e. The molecule has 0 aliphatic heterocycles. The van der Waals surface area contributed by atoms with Gasteiger partial charge in [-0.05, 0) is 70.6 Å². The zero-order valence-electron chi connectivity index (χ0n) is 31.4. The van der Waals surface area contributed by atoms with E-state index in [0.717, 1.165) is 103 Å². The first-order valence-electron chi connectivity index (χ1n) is 19.6. The van der Waals surface area contributed by atoms with E-state index in [1.54, 1.807) is 0 Å². The maximum atomic E-state index is 12.1. The molecule has 0 spiro atoms. The van der Waals surface area contributed by atoms with E-state index < -0.39 is 6.10 Å². The first-order valence-corrected chi connectivity index (χ1v) is 19.6. The molecule has 0 aromatic carbocycles. The summed E-state index contributed by atoms with van der Waals surface area (Å²) in [6, 6.07) is 0. The van der Waals surface area contributed by atoms with Gasteiger partial charge in [0, 0.05) is 12.8 Å². The Morgan fingerprint density at radius 1 is 0.490 bits per heavy atom. The molecule has 0 rings (SSSR count). The maximum Gasteiger partial charge on any atom is 0.306 e. The van der Waals surface area contributed by atoms with E-state index in [1.165, 1.54) is 32.1 Å². The number of unbranched alkanes of at least 4 members (excludes halogenated alkanes) is 12. The minimum absolute atomic E-state index is 0.0777. The van der Waals surface area contributed by atoms with Crippen molar-refractivity contribution < 1.29 is 24.2 Å². The number of hydrogen-bond donors (Lipinski definition) is 1. The van der Waals surface area contributed by atoms with Crippen molar-refractivity contribution in [2.75, 3.05) is 13.2 Å². The molecule has 1 atom stereocenters. The lowest BCUT2D eigenvalue weighted by atomic mass is 10.1. The van der Waals surface area contributed by atoms with Crippen LogP contribution in [0.2, 0.25) is 0 Å². The summed E-state index contributed by atoms with van der Waals surface area (Å²) in [4.78, 5) is 24.1. The Morgan fingerprint density at radius 2 is 0.878 bits per heavy atom. The molecule has 0 aliphatic carbocycles. The number of hydrogen-bond acceptors (Lipinski definition) is 5. The summed E-state index contributed by atoms with van der Waals surface area (Å²) in [6.45, 7) is 3.95. The summed E-state index contributed by atoms with van der Waals surface area (Å²) in [5, 5.41) is 9.51. The Balaban J connectivity index is 3.65. The third-order valence-corrected chi connectivity index (χ3v) is 7.95. The number of aliphatic hydroxyl groups excluding tert-OH is 1. The molecule has 0 saturated carbocycles. The number of esters is 2. The van der Waals surface area contributed by atoms with Gasteiger partial charge < -0.3 is 14.6 Å². The first-order chi connectivity index (χ1) is 24.1. The van der Waals surface area contributed by atoms with Crippen LogP contribution >= 0.6 is 0 Å². The van der Waals surface area contributed by atoms with Crippen LogP contribution in [0.3, 0.4) is 0 Å². The topological polar surface area (TPSA) is 72.8 Å². The van der Waals surface area contributed by atoms with Crippen molar-refractivity contribution >= 4 is 11.9 Å². The number of allylic oxidation sites excluding steroid dienone is 14. The molecule has 1 unspecified atom stereocenters. The Morgan fingerprint density at radius 3 is 1.33 bits per heavy atom. The van der Waals surface area contributed by atoms with Gasteiger partial charge in [0.2, 0.25) is 0 Å². The lowest BCUT2D eigenvalue weighted by Gasteiger charge is -2.15. The predicted octanol–water partition coefficient (Wildman–Crippen LogP) is 12.3. The highest BCUT2D eigenvalue weighted by atomic mass is 16.6. The highest BCUT2D eigenvalue weighted by Crippen LogP contribution is 2.11. The molecular formula is C44H72O5. The minimum atomic E-state index is -0.783. The molecule has 0 saturated heterocycles. The van der Waals surface area contributed by atoms with Crippen LogP contribution in [0.15, 0.2) is 85.1 Å². The zero-order valence-corrected chi connectivity index (χ0v) is 31.4. The van der Waals surface area contributed by atoms with Crippen LogP contribution in [0.5, 0.6) is 0 Å². The molecule has 1 N–H and O–H groups in total. The Labute approximate surface area is 301 Å². The fourth-order valence-corrected chi connectivity index (χ4v) is 5.00. The van der Waals surface area contributed by atoms with Crippen molar-refractivity contribution in [2.24, 2.45) is 0 Å². The van der Waals surface area contributed by atoms with E-state index >= 15 is 0 Å². The third kappa shape index (κ3) is 37.7. The quantitative estimate of drug-likeness (QED) is 0.0416. The van der Waals surface area contributed by atoms with E-state index in [2.05, 4.69) is 98.9 Å². The van der Waals surface area contributed by atoms with Crippen molar-refractivity contribution in [1.82, 2.24) is 0 Å². The number of ether oxygens (including phenoxy) is 2. The van der Waals surface area contributed by atoms with Gasteiger partial charge >= 0.3 is 11.9 Å². The van der Waals surface area contributed by atoms with Crippen LogP contribution in [-0.2, 0) is 19.1 Å². The van der Waals surface area contributed by atoms with Crippen molar-refractivity contribution in [2.45, 2.75) is 168 Å². The maximum absolute atomic E-state index is 12.1. The van der Waals surface area contributed by atoms with Gasteiger partial charge in [-0.25, -0.2) is 0 Å². The van der Waals surface area contributed by atoms with Gasteiger partial charge in [0.1, 0.15) is 6.61 Å². The van der Waals surface area contributed by atoms with Gasteiger partial charge in [-0.1, -0.05) is 163 Å². The smallest absolute Gasteiger partial charge is 0.306 e. The molecule has 5 nitrogen and oxygen atoms in total. The molecule has 0 aliphatic rings. The van der Waals surface area contributed by atoms with E-state index in [4.69, 9.17) is 9.47 Å². The van der Waals surface area contributed by atoms with Gasteiger partial charge in [-0.15, -0.1) is 0 Å². The summed E-state index contributed by atoms with van der Waals surface area (Å²) in [5.74, 6) is -0.625. The molecule has 0 aromatic rings. The molecule has 0 bridgehead atoms. The third-order valence-electron chi connectivity index (χ3n) is 7.95. The molecule has 5 heteroatoms. The summed E-state index contributed by atoms with van der Waals surface area (Å²) in [6.07, 6.45) is 53.7. The summed E-state index contributed by atoms with van der Waals surface area (Å²) in [5.41, 5.74) is 0. The summed E-state index contributed by atoms with van der Waals surface area (Å²) in [7, 11) is 0. The number of rotatable bonds is 34. The van der Waals surface area contributed by atoms with Crippen molar-refractivity contribution in [1.29, 1.82) is 0 Å². The van der Waals surface area contributed by atoms with Crippen molar-refractivity contribution in [3.8, 4) is 0 Å². The lowest BCUT2D eigenvalue weighted by Crippen LogP contribution is -2.28. The molecule has 0 radical (unpaired) electrons. The van der Waals surface area contributed by atoms with E-state index in [0.29, 0.717) is 12.8 Å². The van der Waals surface area contributed by atoms with Crippen molar-refractivity contribution in [3.05, 3.63) is 85.1 Å².